The minimum atomic E-state index is 0.343. The summed E-state index contributed by atoms with van der Waals surface area (Å²) in [4.78, 5) is 5.03. The standard InChI is InChI=1S/C19H26N4O2/c1-22-10-8-15(9-11-22)23-12-7-14(13-23)18-20-21-19(25-18)16-5-3-4-6-17(16)24-2/h3-6,14-15H,7-13H2,1-2H3/t14-/m0/s1. The number of hydrogen-bond acceptors (Lipinski definition) is 6. The van der Waals surface area contributed by atoms with Crippen LogP contribution in [-0.2, 0) is 0 Å². The van der Waals surface area contributed by atoms with Gasteiger partial charge in [0.25, 0.3) is 5.89 Å². The third-order valence-corrected chi connectivity index (χ3v) is 5.55. The van der Waals surface area contributed by atoms with E-state index in [4.69, 9.17) is 9.15 Å². The van der Waals surface area contributed by atoms with Gasteiger partial charge in [-0.25, -0.2) is 0 Å². The predicted molar refractivity (Wildman–Crippen MR) is 95.7 cm³/mol. The van der Waals surface area contributed by atoms with Gasteiger partial charge in [-0.05, 0) is 58.1 Å². The Morgan fingerprint density at radius 3 is 2.68 bits per heavy atom. The summed E-state index contributed by atoms with van der Waals surface area (Å²) in [6.07, 6.45) is 3.62. The summed E-state index contributed by atoms with van der Waals surface area (Å²) in [5.41, 5.74) is 0.855. The lowest BCUT2D eigenvalue weighted by molar-refractivity contribution is 0.141. The number of piperidine rings is 1. The van der Waals surface area contributed by atoms with Crippen LogP contribution >= 0.6 is 0 Å². The molecular formula is C19H26N4O2. The van der Waals surface area contributed by atoms with Crippen LogP contribution in [-0.4, -0.2) is 66.4 Å². The number of para-hydroxylation sites is 1. The van der Waals surface area contributed by atoms with Crippen molar-refractivity contribution < 1.29 is 9.15 Å². The molecule has 25 heavy (non-hydrogen) atoms. The van der Waals surface area contributed by atoms with E-state index in [2.05, 4.69) is 27.0 Å². The normalized spacial score (nSPS) is 23.2. The molecule has 0 amide bonds. The van der Waals surface area contributed by atoms with E-state index < -0.39 is 0 Å². The molecule has 0 unspecified atom stereocenters. The van der Waals surface area contributed by atoms with Crippen molar-refractivity contribution in [2.45, 2.75) is 31.2 Å². The highest BCUT2D eigenvalue weighted by atomic mass is 16.5. The number of rotatable bonds is 4. The zero-order valence-corrected chi connectivity index (χ0v) is 15.0. The van der Waals surface area contributed by atoms with E-state index in [-0.39, 0.29) is 0 Å². The van der Waals surface area contributed by atoms with E-state index in [1.54, 1.807) is 7.11 Å². The molecule has 0 spiro atoms. The van der Waals surface area contributed by atoms with Gasteiger partial charge in [-0.1, -0.05) is 12.1 Å². The fourth-order valence-corrected chi connectivity index (χ4v) is 4.01. The molecule has 3 heterocycles. The Balaban J connectivity index is 1.44. The summed E-state index contributed by atoms with van der Waals surface area (Å²) < 4.78 is 11.4. The van der Waals surface area contributed by atoms with Crippen molar-refractivity contribution in [3.05, 3.63) is 30.2 Å². The lowest BCUT2D eigenvalue weighted by Gasteiger charge is -2.35. The van der Waals surface area contributed by atoms with Crippen LogP contribution in [0.5, 0.6) is 5.75 Å². The SMILES string of the molecule is COc1ccccc1-c1nnc([C@H]2CCN(C3CCN(C)CC3)C2)o1. The van der Waals surface area contributed by atoms with Crippen LogP contribution in [0.2, 0.25) is 0 Å². The maximum absolute atomic E-state index is 6.01. The predicted octanol–water partition coefficient (Wildman–Crippen LogP) is 2.63. The van der Waals surface area contributed by atoms with Gasteiger partial charge in [-0.3, -0.25) is 4.90 Å². The molecular weight excluding hydrogens is 316 g/mol. The molecule has 134 valence electrons. The van der Waals surface area contributed by atoms with Gasteiger partial charge in [0.15, 0.2) is 0 Å². The van der Waals surface area contributed by atoms with Crippen molar-refractivity contribution in [1.82, 2.24) is 20.0 Å². The monoisotopic (exact) mass is 342 g/mol. The fourth-order valence-electron chi connectivity index (χ4n) is 4.01. The van der Waals surface area contributed by atoms with Crippen molar-refractivity contribution in [1.29, 1.82) is 0 Å². The van der Waals surface area contributed by atoms with Gasteiger partial charge in [0, 0.05) is 12.6 Å². The van der Waals surface area contributed by atoms with Crippen LogP contribution < -0.4 is 4.74 Å². The molecule has 2 aliphatic heterocycles. The fraction of sp³-hybridized carbons (Fsp3) is 0.579. The zero-order valence-electron chi connectivity index (χ0n) is 15.0. The number of hydrogen-bond donors (Lipinski definition) is 0. The van der Waals surface area contributed by atoms with Crippen LogP contribution in [0.15, 0.2) is 28.7 Å². The lowest BCUT2D eigenvalue weighted by atomic mass is 10.0. The Bertz CT molecular complexity index is 709. The van der Waals surface area contributed by atoms with Crippen LogP contribution in [0.4, 0.5) is 0 Å². The largest absolute Gasteiger partial charge is 0.496 e. The first kappa shape index (κ1) is 16.5. The average Bonchev–Trinajstić information content (AvgIpc) is 3.32. The highest BCUT2D eigenvalue weighted by Crippen LogP contribution is 2.33. The zero-order chi connectivity index (χ0) is 17.2. The second kappa shape index (κ2) is 7.14. The van der Waals surface area contributed by atoms with E-state index >= 15 is 0 Å². The van der Waals surface area contributed by atoms with Gasteiger partial charge in [0.1, 0.15) is 5.75 Å². The van der Waals surface area contributed by atoms with Crippen molar-refractivity contribution in [2.24, 2.45) is 0 Å². The summed E-state index contributed by atoms with van der Waals surface area (Å²) in [6, 6.07) is 8.47. The average molecular weight is 342 g/mol. The van der Waals surface area contributed by atoms with Gasteiger partial charge in [0.2, 0.25) is 5.89 Å². The van der Waals surface area contributed by atoms with E-state index in [0.29, 0.717) is 17.9 Å². The van der Waals surface area contributed by atoms with Gasteiger partial charge >= 0.3 is 0 Å². The Labute approximate surface area is 148 Å². The van der Waals surface area contributed by atoms with Gasteiger partial charge in [-0.2, -0.15) is 0 Å². The molecule has 1 atom stereocenters. The molecule has 4 rings (SSSR count). The number of aromatic nitrogens is 2. The number of ether oxygens (including phenoxy) is 1. The van der Waals surface area contributed by atoms with E-state index in [0.717, 1.165) is 36.7 Å². The maximum Gasteiger partial charge on any atom is 0.251 e. The molecule has 6 heteroatoms. The molecule has 0 bridgehead atoms. The van der Waals surface area contributed by atoms with E-state index in [1.165, 1.54) is 25.9 Å². The number of benzene rings is 1. The third-order valence-electron chi connectivity index (χ3n) is 5.55. The third kappa shape index (κ3) is 3.41. The lowest BCUT2D eigenvalue weighted by Crippen LogP contribution is -2.42. The van der Waals surface area contributed by atoms with Crippen molar-refractivity contribution in [2.75, 3.05) is 40.3 Å². The molecule has 1 aromatic carbocycles. The van der Waals surface area contributed by atoms with Gasteiger partial charge < -0.3 is 14.1 Å². The summed E-state index contributed by atoms with van der Waals surface area (Å²) in [5, 5.41) is 8.60. The second-order valence-corrected chi connectivity index (χ2v) is 7.16. The molecule has 1 aromatic heterocycles. The first-order chi connectivity index (χ1) is 12.2. The highest BCUT2D eigenvalue weighted by molar-refractivity contribution is 5.62. The summed E-state index contributed by atoms with van der Waals surface area (Å²) in [5.74, 6) is 2.41. The summed E-state index contributed by atoms with van der Waals surface area (Å²) >= 11 is 0. The molecule has 2 aliphatic rings. The molecule has 0 N–H and O–H groups in total. The molecule has 2 aromatic rings. The number of nitrogens with zero attached hydrogens (tertiary/aromatic N) is 4. The molecule has 0 radical (unpaired) electrons. The quantitative estimate of drug-likeness (QED) is 0.851. The van der Waals surface area contributed by atoms with E-state index in [9.17, 15) is 0 Å². The van der Waals surface area contributed by atoms with Gasteiger partial charge in [0.05, 0.1) is 18.6 Å². The van der Waals surface area contributed by atoms with Crippen molar-refractivity contribution in [3.8, 4) is 17.2 Å². The van der Waals surface area contributed by atoms with E-state index in [1.807, 2.05) is 24.3 Å². The first-order valence-electron chi connectivity index (χ1n) is 9.14. The molecule has 0 aliphatic carbocycles. The molecule has 6 nitrogen and oxygen atoms in total. The van der Waals surface area contributed by atoms with Crippen LogP contribution in [0.3, 0.4) is 0 Å². The topological polar surface area (TPSA) is 54.6 Å². The second-order valence-electron chi connectivity index (χ2n) is 7.16. The maximum atomic E-state index is 6.01. The first-order valence-corrected chi connectivity index (χ1v) is 9.14. The van der Waals surface area contributed by atoms with Crippen LogP contribution in [0, 0.1) is 0 Å². The Morgan fingerprint density at radius 2 is 1.88 bits per heavy atom. The molecule has 2 saturated heterocycles. The van der Waals surface area contributed by atoms with Crippen LogP contribution in [0.25, 0.3) is 11.5 Å². The smallest absolute Gasteiger partial charge is 0.251 e. The van der Waals surface area contributed by atoms with Gasteiger partial charge in [-0.15, -0.1) is 10.2 Å². The van der Waals surface area contributed by atoms with Crippen molar-refractivity contribution >= 4 is 0 Å². The Morgan fingerprint density at radius 1 is 1.08 bits per heavy atom. The minimum absolute atomic E-state index is 0.343. The Kier molecular flexibility index (Phi) is 4.72. The molecule has 0 saturated carbocycles. The number of likely N-dealkylation sites (tertiary alicyclic amines) is 2. The number of methoxy groups -OCH3 is 1. The summed E-state index contributed by atoms with van der Waals surface area (Å²) in [7, 11) is 3.87. The molecule has 2 fully saturated rings. The van der Waals surface area contributed by atoms with Crippen molar-refractivity contribution in [3.63, 3.8) is 0 Å². The Hall–Kier alpha value is -1.92. The summed E-state index contributed by atoms with van der Waals surface area (Å²) in [6.45, 7) is 4.56. The minimum Gasteiger partial charge on any atom is -0.496 e. The highest BCUT2D eigenvalue weighted by Gasteiger charge is 2.33. The van der Waals surface area contributed by atoms with Crippen LogP contribution in [0.1, 0.15) is 31.1 Å².